The SMILES string of the molecule is Cc1ccc(SCC(=O)OCc2nnc(-c3ccco3)o2)c(C)c1. The molecule has 0 aliphatic heterocycles. The molecule has 24 heavy (non-hydrogen) atoms. The van der Waals surface area contributed by atoms with Crippen LogP contribution in [-0.2, 0) is 16.1 Å². The third-order valence-electron chi connectivity index (χ3n) is 3.23. The summed E-state index contributed by atoms with van der Waals surface area (Å²) in [5.41, 5.74) is 2.34. The number of nitrogens with zero attached hydrogens (tertiary/aromatic N) is 2. The molecule has 0 saturated heterocycles. The van der Waals surface area contributed by atoms with Gasteiger partial charge in [0.15, 0.2) is 12.4 Å². The Labute approximate surface area is 143 Å². The van der Waals surface area contributed by atoms with Gasteiger partial charge in [0, 0.05) is 4.90 Å². The van der Waals surface area contributed by atoms with Gasteiger partial charge in [0.25, 0.3) is 11.8 Å². The zero-order valence-electron chi connectivity index (χ0n) is 13.3. The van der Waals surface area contributed by atoms with Crippen LogP contribution in [0.4, 0.5) is 0 Å². The lowest BCUT2D eigenvalue weighted by Crippen LogP contribution is -2.07. The number of furan rings is 1. The molecule has 0 bridgehead atoms. The van der Waals surface area contributed by atoms with Gasteiger partial charge in [-0.25, -0.2) is 0 Å². The van der Waals surface area contributed by atoms with E-state index in [0.717, 1.165) is 10.5 Å². The van der Waals surface area contributed by atoms with Crippen molar-refractivity contribution in [3.8, 4) is 11.7 Å². The molecule has 3 rings (SSSR count). The predicted octanol–water partition coefficient (Wildman–Crippen LogP) is 3.78. The maximum atomic E-state index is 11.9. The Kier molecular flexibility index (Phi) is 5.00. The number of aromatic nitrogens is 2. The first kappa shape index (κ1) is 16.3. The van der Waals surface area contributed by atoms with E-state index >= 15 is 0 Å². The van der Waals surface area contributed by atoms with Gasteiger partial charge in [-0.2, -0.15) is 0 Å². The number of carbonyl (C=O) groups is 1. The Balaban J connectivity index is 1.49. The highest BCUT2D eigenvalue weighted by Gasteiger charge is 2.13. The standard InChI is InChI=1S/C17H16N2O4S/c1-11-5-6-14(12(2)8-11)24-10-16(20)22-9-15-18-19-17(23-15)13-4-3-7-21-13/h3-8H,9-10H2,1-2H3. The van der Waals surface area contributed by atoms with Crippen molar-refractivity contribution in [2.24, 2.45) is 0 Å². The summed E-state index contributed by atoms with van der Waals surface area (Å²) < 4.78 is 15.7. The zero-order chi connectivity index (χ0) is 16.9. The van der Waals surface area contributed by atoms with Crippen molar-refractivity contribution in [2.75, 3.05) is 5.75 Å². The van der Waals surface area contributed by atoms with Crippen LogP contribution in [-0.4, -0.2) is 21.9 Å². The second-order valence-corrected chi connectivity index (χ2v) is 6.21. The van der Waals surface area contributed by atoms with E-state index in [9.17, 15) is 4.79 Å². The molecule has 0 saturated carbocycles. The summed E-state index contributed by atoms with van der Waals surface area (Å²) in [4.78, 5) is 12.9. The van der Waals surface area contributed by atoms with Crippen molar-refractivity contribution in [2.45, 2.75) is 25.3 Å². The topological polar surface area (TPSA) is 78.4 Å². The summed E-state index contributed by atoms with van der Waals surface area (Å²) in [6, 6.07) is 9.56. The van der Waals surface area contributed by atoms with Crippen LogP contribution in [0.25, 0.3) is 11.7 Å². The van der Waals surface area contributed by atoms with Gasteiger partial charge in [0.2, 0.25) is 0 Å². The predicted molar refractivity (Wildman–Crippen MR) is 88.4 cm³/mol. The normalized spacial score (nSPS) is 10.8. The van der Waals surface area contributed by atoms with Crippen LogP contribution in [0.2, 0.25) is 0 Å². The lowest BCUT2D eigenvalue weighted by molar-refractivity contribution is -0.142. The molecule has 0 N–H and O–H groups in total. The number of carbonyl (C=O) groups excluding carboxylic acids is 1. The van der Waals surface area contributed by atoms with Crippen LogP contribution >= 0.6 is 11.8 Å². The van der Waals surface area contributed by atoms with E-state index in [1.54, 1.807) is 12.1 Å². The maximum Gasteiger partial charge on any atom is 0.316 e. The van der Waals surface area contributed by atoms with E-state index < -0.39 is 0 Å². The fourth-order valence-corrected chi connectivity index (χ4v) is 2.90. The fraction of sp³-hybridized carbons (Fsp3) is 0.235. The first-order valence-corrected chi connectivity index (χ1v) is 8.32. The summed E-state index contributed by atoms with van der Waals surface area (Å²) >= 11 is 1.45. The molecule has 6 nitrogen and oxygen atoms in total. The summed E-state index contributed by atoms with van der Waals surface area (Å²) in [7, 11) is 0. The molecule has 0 radical (unpaired) electrons. The van der Waals surface area contributed by atoms with Crippen LogP contribution in [0.3, 0.4) is 0 Å². The van der Waals surface area contributed by atoms with E-state index in [1.807, 2.05) is 26.0 Å². The molecule has 7 heteroatoms. The summed E-state index contributed by atoms with van der Waals surface area (Å²) in [6.07, 6.45) is 1.52. The zero-order valence-corrected chi connectivity index (χ0v) is 14.1. The minimum absolute atomic E-state index is 0.0556. The number of ether oxygens (including phenoxy) is 1. The van der Waals surface area contributed by atoms with Crippen LogP contribution < -0.4 is 0 Å². The molecule has 0 amide bonds. The van der Waals surface area contributed by atoms with Gasteiger partial charge >= 0.3 is 5.97 Å². The van der Waals surface area contributed by atoms with Crippen LogP contribution in [0.5, 0.6) is 0 Å². The van der Waals surface area contributed by atoms with Gasteiger partial charge in [-0.05, 0) is 37.6 Å². The highest BCUT2D eigenvalue weighted by molar-refractivity contribution is 8.00. The summed E-state index contributed by atoms with van der Waals surface area (Å²) in [5.74, 6) is 0.855. The van der Waals surface area contributed by atoms with Gasteiger partial charge in [0.05, 0.1) is 12.0 Å². The number of esters is 1. The molecule has 0 unspecified atom stereocenters. The second-order valence-electron chi connectivity index (χ2n) is 5.20. The lowest BCUT2D eigenvalue weighted by atomic mass is 10.2. The molecular weight excluding hydrogens is 328 g/mol. The van der Waals surface area contributed by atoms with Crippen LogP contribution in [0.1, 0.15) is 17.0 Å². The Morgan fingerprint density at radius 1 is 1.25 bits per heavy atom. The Morgan fingerprint density at radius 3 is 2.88 bits per heavy atom. The summed E-state index contributed by atoms with van der Waals surface area (Å²) in [5, 5.41) is 7.67. The third kappa shape index (κ3) is 4.05. The fourth-order valence-electron chi connectivity index (χ4n) is 2.09. The van der Waals surface area contributed by atoms with E-state index in [4.69, 9.17) is 13.6 Å². The number of rotatable bonds is 6. The van der Waals surface area contributed by atoms with Crippen molar-refractivity contribution < 1.29 is 18.4 Å². The van der Waals surface area contributed by atoms with E-state index in [-0.39, 0.29) is 30.1 Å². The first-order chi connectivity index (χ1) is 11.6. The first-order valence-electron chi connectivity index (χ1n) is 7.34. The minimum atomic E-state index is -0.335. The second kappa shape index (κ2) is 7.35. The molecule has 0 fully saturated rings. The number of hydrogen-bond donors (Lipinski definition) is 0. The highest BCUT2D eigenvalue weighted by atomic mass is 32.2. The van der Waals surface area contributed by atoms with Gasteiger partial charge in [-0.15, -0.1) is 22.0 Å². The Morgan fingerprint density at radius 2 is 2.12 bits per heavy atom. The molecule has 0 aliphatic rings. The molecular formula is C17H16N2O4S. The molecule has 1 aromatic carbocycles. The Hall–Kier alpha value is -2.54. The molecule has 2 aromatic heterocycles. The Bertz CT molecular complexity index is 827. The van der Waals surface area contributed by atoms with Gasteiger partial charge in [-0.3, -0.25) is 4.79 Å². The van der Waals surface area contributed by atoms with Gasteiger partial charge in [0.1, 0.15) is 0 Å². The molecule has 0 spiro atoms. The number of aryl methyl sites for hydroxylation is 2. The van der Waals surface area contributed by atoms with Crippen molar-refractivity contribution >= 4 is 17.7 Å². The quantitative estimate of drug-likeness (QED) is 0.497. The average Bonchev–Trinajstić information content (AvgIpc) is 3.23. The van der Waals surface area contributed by atoms with Crippen LogP contribution in [0, 0.1) is 13.8 Å². The van der Waals surface area contributed by atoms with Crippen LogP contribution in [0.15, 0.2) is 50.3 Å². The minimum Gasteiger partial charge on any atom is -0.459 e. The molecule has 124 valence electrons. The number of benzene rings is 1. The number of hydrogen-bond acceptors (Lipinski definition) is 7. The van der Waals surface area contributed by atoms with Gasteiger partial charge < -0.3 is 13.6 Å². The van der Waals surface area contributed by atoms with Crippen molar-refractivity contribution in [3.05, 3.63) is 53.6 Å². The number of thioether (sulfide) groups is 1. The smallest absolute Gasteiger partial charge is 0.316 e. The van der Waals surface area contributed by atoms with E-state index in [0.29, 0.717) is 5.76 Å². The molecule has 0 atom stereocenters. The van der Waals surface area contributed by atoms with E-state index in [1.165, 1.54) is 23.6 Å². The van der Waals surface area contributed by atoms with Gasteiger partial charge in [-0.1, -0.05) is 17.7 Å². The van der Waals surface area contributed by atoms with E-state index in [2.05, 4.69) is 16.3 Å². The molecule has 2 heterocycles. The van der Waals surface area contributed by atoms with Crippen molar-refractivity contribution in [1.29, 1.82) is 0 Å². The lowest BCUT2D eigenvalue weighted by Gasteiger charge is -2.06. The van der Waals surface area contributed by atoms with Crippen molar-refractivity contribution in [1.82, 2.24) is 10.2 Å². The maximum absolute atomic E-state index is 11.9. The average molecular weight is 344 g/mol. The third-order valence-corrected chi connectivity index (χ3v) is 4.38. The van der Waals surface area contributed by atoms with Crippen molar-refractivity contribution in [3.63, 3.8) is 0 Å². The summed E-state index contributed by atoms with van der Waals surface area (Å²) in [6.45, 7) is 4.01. The highest BCUT2D eigenvalue weighted by Crippen LogP contribution is 2.23. The molecule has 3 aromatic rings. The monoisotopic (exact) mass is 344 g/mol. The molecule has 0 aliphatic carbocycles. The largest absolute Gasteiger partial charge is 0.459 e.